The summed E-state index contributed by atoms with van der Waals surface area (Å²) in [6.07, 6.45) is 4.53. The monoisotopic (exact) mass is 332 g/mol. The molecule has 1 aliphatic rings. The maximum atomic E-state index is 12.3. The molecule has 0 aliphatic carbocycles. The first-order valence-corrected chi connectivity index (χ1v) is 8.68. The summed E-state index contributed by atoms with van der Waals surface area (Å²) in [7, 11) is 0. The van der Waals surface area contributed by atoms with Crippen LogP contribution < -0.4 is 10.2 Å². The van der Waals surface area contributed by atoms with Crippen molar-refractivity contribution in [1.82, 2.24) is 5.32 Å². The third kappa shape index (κ3) is 4.98. The van der Waals surface area contributed by atoms with Crippen molar-refractivity contribution in [2.24, 2.45) is 5.41 Å². The molecule has 1 saturated heterocycles. The van der Waals surface area contributed by atoms with Crippen LogP contribution in [0.15, 0.2) is 18.2 Å². The first kappa shape index (κ1) is 18.3. The number of anilines is 1. The molecule has 2 rings (SSSR count). The second-order valence-electron chi connectivity index (χ2n) is 7.68. The van der Waals surface area contributed by atoms with Gasteiger partial charge in [0.15, 0.2) is 0 Å². The van der Waals surface area contributed by atoms with Gasteiger partial charge in [-0.2, -0.15) is 0 Å². The van der Waals surface area contributed by atoms with Crippen LogP contribution in [0.5, 0.6) is 0 Å². The predicted octanol–water partition coefficient (Wildman–Crippen LogP) is 3.54. The number of aromatic carboxylic acids is 1. The summed E-state index contributed by atoms with van der Waals surface area (Å²) in [5.74, 6) is -1.21. The minimum Gasteiger partial charge on any atom is -0.478 e. The second-order valence-corrected chi connectivity index (χ2v) is 7.68. The number of benzene rings is 1. The Balaban J connectivity index is 2.22. The van der Waals surface area contributed by atoms with Gasteiger partial charge in [0.25, 0.3) is 5.91 Å². The molecule has 0 aromatic heterocycles. The molecule has 132 valence electrons. The van der Waals surface area contributed by atoms with Gasteiger partial charge in [0.1, 0.15) is 0 Å². The number of carbonyl (C=O) groups excluding carboxylic acids is 1. The smallest absolute Gasteiger partial charge is 0.337 e. The molecule has 1 aliphatic heterocycles. The number of carboxylic acids is 1. The van der Waals surface area contributed by atoms with Crippen molar-refractivity contribution in [2.75, 3.05) is 24.5 Å². The molecule has 0 bridgehead atoms. The fourth-order valence-electron chi connectivity index (χ4n) is 2.88. The van der Waals surface area contributed by atoms with Crippen LogP contribution in [0.4, 0.5) is 5.69 Å². The highest BCUT2D eigenvalue weighted by Crippen LogP contribution is 2.25. The van der Waals surface area contributed by atoms with E-state index in [1.165, 1.54) is 18.9 Å². The van der Waals surface area contributed by atoms with E-state index >= 15 is 0 Å². The Kier molecular flexibility index (Phi) is 5.86. The quantitative estimate of drug-likeness (QED) is 0.885. The molecule has 0 radical (unpaired) electrons. The van der Waals surface area contributed by atoms with Gasteiger partial charge in [-0.15, -0.1) is 0 Å². The van der Waals surface area contributed by atoms with E-state index in [4.69, 9.17) is 0 Å². The van der Waals surface area contributed by atoms with E-state index in [-0.39, 0.29) is 16.9 Å². The summed E-state index contributed by atoms with van der Waals surface area (Å²) in [6, 6.07) is 5.01. The van der Waals surface area contributed by atoms with Gasteiger partial charge in [0.2, 0.25) is 0 Å². The molecular formula is C19H28N2O3. The number of nitrogens with zero attached hydrogens (tertiary/aromatic N) is 1. The fourth-order valence-corrected chi connectivity index (χ4v) is 2.88. The lowest BCUT2D eigenvalue weighted by atomic mass is 9.97. The normalized spacial score (nSPS) is 15.7. The zero-order valence-corrected chi connectivity index (χ0v) is 14.9. The predicted molar refractivity (Wildman–Crippen MR) is 95.9 cm³/mol. The Labute approximate surface area is 144 Å². The van der Waals surface area contributed by atoms with E-state index in [1.807, 2.05) is 20.8 Å². The van der Waals surface area contributed by atoms with Crippen LogP contribution >= 0.6 is 0 Å². The van der Waals surface area contributed by atoms with Gasteiger partial charge in [-0.3, -0.25) is 4.79 Å². The van der Waals surface area contributed by atoms with Crippen molar-refractivity contribution in [2.45, 2.75) is 46.5 Å². The van der Waals surface area contributed by atoms with Gasteiger partial charge in [-0.1, -0.05) is 33.6 Å². The summed E-state index contributed by atoms with van der Waals surface area (Å²) < 4.78 is 0. The highest BCUT2D eigenvalue weighted by Gasteiger charge is 2.20. The Hall–Kier alpha value is -2.04. The largest absolute Gasteiger partial charge is 0.478 e. The average Bonchev–Trinajstić information content (AvgIpc) is 2.80. The molecule has 0 spiro atoms. The van der Waals surface area contributed by atoms with Gasteiger partial charge in [-0.25, -0.2) is 4.79 Å². The first-order valence-electron chi connectivity index (χ1n) is 8.68. The summed E-state index contributed by atoms with van der Waals surface area (Å²) in [5, 5.41) is 12.4. The molecule has 0 unspecified atom stereocenters. The third-order valence-corrected chi connectivity index (χ3v) is 4.22. The van der Waals surface area contributed by atoms with Gasteiger partial charge >= 0.3 is 5.97 Å². The van der Waals surface area contributed by atoms with Gasteiger partial charge in [0, 0.05) is 25.2 Å². The molecular weight excluding hydrogens is 304 g/mol. The van der Waals surface area contributed by atoms with Crippen LogP contribution in [0.1, 0.15) is 67.2 Å². The third-order valence-electron chi connectivity index (χ3n) is 4.22. The average molecular weight is 332 g/mol. The number of nitrogens with one attached hydrogen (secondary N) is 1. The molecule has 2 N–H and O–H groups in total. The van der Waals surface area contributed by atoms with E-state index in [1.54, 1.807) is 12.1 Å². The van der Waals surface area contributed by atoms with Crippen LogP contribution in [-0.2, 0) is 0 Å². The number of rotatable bonds is 4. The Bertz CT molecular complexity index is 597. The summed E-state index contributed by atoms with van der Waals surface area (Å²) >= 11 is 0. The van der Waals surface area contributed by atoms with Crippen molar-refractivity contribution >= 4 is 17.6 Å². The zero-order valence-electron chi connectivity index (χ0n) is 14.9. The van der Waals surface area contributed by atoms with E-state index in [0.29, 0.717) is 12.1 Å². The highest BCUT2D eigenvalue weighted by molar-refractivity contribution is 6.00. The molecule has 0 saturated carbocycles. The molecule has 1 fully saturated rings. The van der Waals surface area contributed by atoms with Crippen LogP contribution in [0.25, 0.3) is 0 Å². The van der Waals surface area contributed by atoms with Crippen molar-refractivity contribution < 1.29 is 14.7 Å². The summed E-state index contributed by atoms with van der Waals surface area (Å²) in [4.78, 5) is 26.1. The van der Waals surface area contributed by atoms with Crippen molar-refractivity contribution in [3.8, 4) is 0 Å². The summed E-state index contributed by atoms with van der Waals surface area (Å²) in [6.45, 7) is 8.41. The van der Waals surface area contributed by atoms with E-state index < -0.39 is 5.97 Å². The van der Waals surface area contributed by atoms with Crippen LogP contribution in [-0.4, -0.2) is 36.6 Å². The van der Waals surface area contributed by atoms with Gasteiger partial charge in [0.05, 0.1) is 11.3 Å². The molecule has 5 heteroatoms. The lowest BCUT2D eigenvalue weighted by molar-refractivity contribution is 0.0697. The number of carboxylic acid groups (broad SMARTS) is 1. The molecule has 1 aromatic rings. The van der Waals surface area contributed by atoms with Crippen molar-refractivity contribution in [3.63, 3.8) is 0 Å². The number of amides is 1. The molecule has 24 heavy (non-hydrogen) atoms. The van der Waals surface area contributed by atoms with E-state index in [2.05, 4.69) is 10.2 Å². The number of carbonyl (C=O) groups is 2. The Morgan fingerprint density at radius 3 is 2.29 bits per heavy atom. The first-order chi connectivity index (χ1) is 11.3. The molecule has 5 nitrogen and oxygen atoms in total. The minimum absolute atomic E-state index is 0.0166. The number of hydrogen-bond donors (Lipinski definition) is 2. The maximum absolute atomic E-state index is 12.3. The zero-order chi connectivity index (χ0) is 17.7. The van der Waals surface area contributed by atoms with Crippen molar-refractivity contribution in [3.05, 3.63) is 29.3 Å². The standard InChI is InChI=1S/C19H28N2O3/c1-19(2,3)13-20-17(22)14-8-9-16(15(12-14)18(23)24)21-10-6-4-5-7-11-21/h8-9,12H,4-7,10-11,13H2,1-3H3,(H,20,22)(H,23,24). The van der Waals surface area contributed by atoms with Crippen LogP contribution in [0.2, 0.25) is 0 Å². The summed E-state index contributed by atoms with van der Waals surface area (Å²) in [5.41, 5.74) is 1.31. The Morgan fingerprint density at radius 2 is 1.75 bits per heavy atom. The Morgan fingerprint density at radius 1 is 1.12 bits per heavy atom. The van der Waals surface area contributed by atoms with Crippen LogP contribution in [0, 0.1) is 5.41 Å². The molecule has 1 amide bonds. The van der Waals surface area contributed by atoms with Crippen LogP contribution in [0.3, 0.4) is 0 Å². The maximum Gasteiger partial charge on any atom is 0.337 e. The second kappa shape index (κ2) is 7.69. The minimum atomic E-state index is -0.986. The highest BCUT2D eigenvalue weighted by atomic mass is 16.4. The molecule has 0 atom stereocenters. The number of hydrogen-bond acceptors (Lipinski definition) is 3. The van der Waals surface area contributed by atoms with E-state index in [9.17, 15) is 14.7 Å². The van der Waals surface area contributed by atoms with E-state index in [0.717, 1.165) is 31.6 Å². The molecule has 1 heterocycles. The van der Waals surface area contributed by atoms with Gasteiger partial charge in [-0.05, 0) is 36.5 Å². The topological polar surface area (TPSA) is 69.6 Å². The molecule has 1 aromatic carbocycles. The lowest BCUT2D eigenvalue weighted by Crippen LogP contribution is -2.32. The van der Waals surface area contributed by atoms with Gasteiger partial charge < -0.3 is 15.3 Å². The van der Waals surface area contributed by atoms with Crippen molar-refractivity contribution in [1.29, 1.82) is 0 Å². The SMILES string of the molecule is CC(C)(C)CNC(=O)c1ccc(N2CCCCCC2)c(C(=O)O)c1. The fraction of sp³-hybridized carbons (Fsp3) is 0.579. The lowest BCUT2D eigenvalue weighted by Gasteiger charge is -2.25.